The number of nitrogens with two attached hydrogens (primary N) is 1. The Morgan fingerprint density at radius 2 is 2.27 bits per heavy atom. The molecule has 1 heterocycles. The molecule has 0 radical (unpaired) electrons. The fourth-order valence-electron chi connectivity index (χ4n) is 1.06. The molecule has 1 rings (SSSR count). The van der Waals surface area contributed by atoms with Crippen molar-refractivity contribution in [1.82, 2.24) is 9.88 Å². The number of primary amides is 1. The van der Waals surface area contributed by atoms with Crippen LogP contribution in [0.2, 0.25) is 0 Å². The molecule has 0 aliphatic heterocycles. The van der Waals surface area contributed by atoms with Crippen LogP contribution in [0, 0.1) is 5.95 Å². The van der Waals surface area contributed by atoms with Gasteiger partial charge in [-0.15, -0.1) is 0 Å². The maximum Gasteiger partial charge on any atom is 0.254 e. The van der Waals surface area contributed by atoms with Crippen molar-refractivity contribution in [2.45, 2.75) is 0 Å². The first kappa shape index (κ1) is 11.1. The molecule has 1 aromatic rings. The van der Waals surface area contributed by atoms with Gasteiger partial charge in [-0.25, -0.2) is 4.98 Å². The molecule has 15 heavy (non-hydrogen) atoms. The minimum absolute atomic E-state index is 0.131. The molecule has 2 amide bonds. The first-order valence-corrected chi connectivity index (χ1v) is 4.16. The van der Waals surface area contributed by atoms with Crippen LogP contribution in [0.15, 0.2) is 18.3 Å². The van der Waals surface area contributed by atoms with Crippen molar-refractivity contribution in [1.29, 1.82) is 0 Å². The quantitative estimate of drug-likeness (QED) is 0.702. The number of likely N-dealkylation sites (N-methyl/N-ethyl adjacent to an activating group) is 1. The molecule has 0 aliphatic rings. The molecule has 2 N–H and O–H groups in total. The highest BCUT2D eigenvalue weighted by Gasteiger charge is 2.13. The number of carbonyl (C=O) groups is 2. The van der Waals surface area contributed by atoms with E-state index in [0.29, 0.717) is 0 Å². The van der Waals surface area contributed by atoms with Gasteiger partial charge in [0.15, 0.2) is 0 Å². The second-order valence-corrected chi connectivity index (χ2v) is 2.99. The predicted octanol–water partition coefficient (Wildman–Crippen LogP) is -0.222. The molecule has 0 atom stereocenters. The Hall–Kier alpha value is -1.98. The Labute approximate surface area is 85.7 Å². The molecule has 6 heteroatoms. The van der Waals surface area contributed by atoms with E-state index in [1.165, 1.54) is 19.3 Å². The second kappa shape index (κ2) is 4.50. The second-order valence-electron chi connectivity index (χ2n) is 2.99. The number of aromatic nitrogens is 1. The van der Waals surface area contributed by atoms with Crippen LogP contribution in [0.3, 0.4) is 0 Å². The summed E-state index contributed by atoms with van der Waals surface area (Å²) in [7, 11) is 1.41. The average Bonchev–Trinajstić information content (AvgIpc) is 2.15. The van der Waals surface area contributed by atoms with E-state index in [1.807, 2.05) is 0 Å². The van der Waals surface area contributed by atoms with Crippen molar-refractivity contribution >= 4 is 11.8 Å². The third kappa shape index (κ3) is 3.01. The predicted molar refractivity (Wildman–Crippen MR) is 50.3 cm³/mol. The van der Waals surface area contributed by atoms with Crippen molar-refractivity contribution < 1.29 is 14.0 Å². The van der Waals surface area contributed by atoms with E-state index in [2.05, 4.69) is 4.98 Å². The van der Waals surface area contributed by atoms with Crippen molar-refractivity contribution in [2.75, 3.05) is 13.6 Å². The molecule has 0 saturated heterocycles. The SMILES string of the molecule is CN(CC(N)=O)C(=O)c1ccnc(F)c1. The first-order chi connectivity index (χ1) is 7.00. The number of amides is 2. The van der Waals surface area contributed by atoms with Crippen molar-refractivity contribution in [3.8, 4) is 0 Å². The molecule has 0 saturated carbocycles. The summed E-state index contributed by atoms with van der Waals surface area (Å²) in [5, 5.41) is 0. The van der Waals surface area contributed by atoms with E-state index in [4.69, 9.17) is 5.73 Å². The van der Waals surface area contributed by atoms with Crippen molar-refractivity contribution in [3.05, 3.63) is 29.8 Å². The van der Waals surface area contributed by atoms with Crippen LogP contribution in [0.1, 0.15) is 10.4 Å². The van der Waals surface area contributed by atoms with Gasteiger partial charge in [-0.05, 0) is 6.07 Å². The Morgan fingerprint density at radius 1 is 1.60 bits per heavy atom. The average molecular weight is 211 g/mol. The van der Waals surface area contributed by atoms with Crippen LogP contribution in [-0.2, 0) is 4.79 Å². The summed E-state index contributed by atoms with van der Waals surface area (Å²) in [4.78, 5) is 26.5. The van der Waals surface area contributed by atoms with E-state index >= 15 is 0 Å². The molecule has 1 aromatic heterocycles. The first-order valence-electron chi connectivity index (χ1n) is 4.16. The zero-order valence-electron chi connectivity index (χ0n) is 8.11. The summed E-state index contributed by atoms with van der Waals surface area (Å²) in [5.74, 6) is -1.84. The summed E-state index contributed by atoms with van der Waals surface area (Å²) in [6.45, 7) is -0.206. The van der Waals surface area contributed by atoms with E-state index in [1.54, 1.807) is 0 Å². The van der Waals surface area contributed by atoms with Crippen LogP contribution < -0.4 is 5.73 Å². The van der Waals surface area contributed by atoms with Gasteiger partial charge in [-0.2, -0.15) is 4.39 Å². The molecule has 0 fully saturated rings. The minimum Gasteiger partial charge on any atom is -0.368 e. The third-order valence-electron chi connectivity index (χ3n) is 1.71. The Balaban J connectivity index is 2.80. The molecular weight excluding hydrogens is 201 g/mol. The normalized spacial score (nSPS) is 9.73. The molecule has 80 valence electrons. The number of hydrogen-bond donors (Lipinski definition) is 1. The highest BCUT2D eigenvalue weighted by atomic mass is 19.1. The molecule has 0 unspecified atom stereocenters. The molecule has 0 aliphatic carbocycles. The van der Waals surface area contributed by atoms with Gasteiger partial charge in [0, 0.05) is 24.9 Å². The summed E-state index contributed by atoms with van der Waals surface area (Å²) >= 11 is 0. The van der Waals surface area contributed by atoms with Gasteiger partial charge in [0.05, 0.1) is 6.54 Å². The standard InChI is InChI=1S/C9H10FN3O2/c1-13(5-8(11)14)9(15)6-2-3-12-7(10)4-6/h2-4H,5H2,1H3,(H2,11,14). The van der Waals surface area contributed by atoms with Gasteiger partial charge in [0.25, 0.3) is 5.91 Å². The Bertz CT molecular complexity index is 395. The lowest BCUT2D eigenvalue weighted by molar-refractivity contribution is -0.118. The third-order valence-corrected chi connectivity index (χ3v) is 1.71. The summed E-state index contributed by atoms with van der Waals surface area (Å²) in [6, 6.07) is 2.36. The number of carbonyl (C=O) groups excluding carboxylic acids is 2. The van der Waals surface area contributed by atoms with E-state index < -0.39 is 17.8 Å². The monoisotopic (exact) mass is 211 g/mol. The zero-order valence-corrected chi connectivity index (χ0v) is 8.11. The molecule has 0 aromatic carbocycles. The van der Waals surface area contributed by atoms with Gasteiger partial charge >= 0.3 is 0 Å². The van der Waals surface area contributed by atoms with Crippen LogP contribution in [0.5, 0.6) is 0 Å². The molecule has 0 spiro atoms. The number of hydrogen-bond acceptors (Lipinski definition) is 3. The lowest BCUT2D eigenvalue weighted by atomic mass is 10.2. The number of pyridine rings is 1. The number of nitrogens with zero attached hydrogens (tertiary/aromatic N) is 2. The highest BCUT2D eigenvalue weighted by Crippen LogP contribution is 2.03. The van der Waals surface area contributed by atoms with Crippen LogP contribution >= 0.6 is 0 Å². The molecular formula is C9H10FN3O2. The van der Waals surface area contributed by atoms with Gasteiger partial charge in [0.1, 0.15) is 0 Å². The highest BCUT2D eigenvalue weighted by molar-refractivity contribution is 5.95. The van der Waals surface area contributed by atoms with E-state index in [0.717, 1.165) is 11.0 Å². The van der Waals surface area contributed by atoms with Gasteiger partial charge in [0.2, 0.25) is 11.9 Å². The maximum absolute atomic E-state index is 12.7. The van der Waals surface area contributed by atoms with Crippen LogP contribution in [0.4, 0.5) is 4.39 Å². The molecule has 5 nitrogen and oxygen atoms in total. The van der Waals surface area contributed by atoms with E-state index in [9.17, 15) is 14.0 Å². The fraction of sp³-hybridized carbons (Fsp3) is 0.222. The van der Waals surface area contributed by atoms with Crippen LogP contribution in [0.25, 0.3) is 0 Å². The topological polar surface area (TPSA) is 76.3 Å². The fourth-order valence-corrected chi connectivity index (χ4v) is 1.06. The smallest absolute Gasteiger partial charge is 0.254 e. The lowest BCUT2D eigenvalue weighted by Gasteiger charge is -2.14. The number of halogens is 1. The Kier molecular flexibility index (Phi) is 3.33. The van der Waals surface area contributed by atoms with Gasteiger partial charge < -0.3 is 10.6 Å². The Morgan fingerprint density at radius 3 is 2.80 bits per heavy atom. The zero-order chi connectivity index (χ0) is 11.4. The molecule has 0 bridgehead atoms. The maximum atomic E-state index is 12.7. The lowest BCUT2D eigenvalue weighted by Crippen LogP contribution is -2.35. The van der Waals surface area contributed by atoms with E-state index in [-0.39, 0.29) is 12.1 Å². The van der Waals surface area contributed by atoms with Crippen molar-refractivity contribution in [2.24, 2.45) is 5.73 Å². The summed E-state index contributed by atoms with van der Waals surface area (Å²) in [5.41, 5.74) is 5.05. The largest absolute Gasteiger partial charge is 0.368 e. The van der Waals surface area contributed by atoms with Crippen LogP contribution in [-0.4, -0.2) is 35.3 Å². The summed E-state index contributed by atoms with van der Waals surface area (Å²) < 4.78 is 12.7. The van der Waals surface area contributed by atoms with Crippen molar-refractivity contribution in [3.63, 3.8) is 0 Å². The van der Waals surface area contributed by atoms with Gasteiger partial charge in [-0.1, -0.05) is 0 Å². The number of rotatable bonds is 3. The summed E-state index contributed by atoms with van der Waals surface area (Å²) in [6.07, 6.45) is 1.18. The minimum atomic E-state index is -0.742. The van der Waals surface area contributed by atoms with Gasteiger partial charge in [-0.3, -0.25) is 9.59 Å².